The Morgan fingerprint density at radius 1 is 1.00 bits per heavy atom. The summed E-state index contributed by atoms with van der Waals surface area (Å²) in [6, 6.07) is 9.71. The fourth-order valence-corrected chi connectivity index (χ4v) is 3.89. The van der Waals surface area contributed by atoms with Crippen LogP contribution in [0.2, 0.25) is 0 Å². The zero-order valence-corrected chi connectivity index (χ0v) is 19.3. The highest BCUT2D eigenvalue weighted by molar-refractivity contribution is 5.75. The van der Waals surface area contributed by atoms with Crippen molar-refractivity contribution in [2.24, 2.45) is 0 Å². The number of methoxy groups -OCH3 is 1. The summed E-state index contributed by atoms with van der Waals surface area (Å²) in [6.07, 6.45) is 5.91. The van der Waals surface area contributed by atoms with Crippen molar-refractivity contribution in [3.8, 4) is 11.5 Å². The van der Waals surface area contributed by atoms with E-state index in [1.54, 1.807) is 19.2 Å². The van der Waals surface area contributed by atoms with E-state index >= 15 is 0 Å². The van der Waals surface area contributed by atoms with Gasteiger partial charge < -0.3 is 14.2 Å². The van der Waals surface area contributed by atoms with E-state index in [2.05, 4.69) is 29.9 Å². The number of aromatic nitrogens is 1. The Bertz CT molecular complexity index is 1100. The standard InChI is InChI=1S/C27H28F3NO3/c1-18-4-3-5-20(17-33-16-19-6-10-23(11-7-19)34-27(28,29)30)15-22(14-18)24-12-13-25(32-2)26(31-24)21-8-9-21/h5-7,10-15,21H,3-4,8-9,16-17H2,1-2H3/b18-14?,20-5+,22-15?. The summed E-state index contributed by atoms with van der Waals surface area (Å²) >= 11 is 0. The first-order chi connectivity index (χ1) is 16.3. The van der Waals surface area contributed by atoms with Crippen molar-refractivity contribution in [2.45, 2.75) is 51.5 Å². The number of ether oxygens (including phenoxy) is 3. The van der Waals surface area contributed by atoms with Crippen LogP contribution in [0.15, 0.2) is 65.8 Å². The average molecular weight is 472 g/mol. The van der Waals surface area contributed by atoms with E-state index in [0.29, 0.717) is 12.5 Å². The minimum absolute atomic E-state index is 0.244. The van der Waals surface area contributed by atoms with Gasteiger partial charge in [0, 0.05) is 11.5 Å². The molecule has 1 heterocycles. The summed E-state index contributed by atoms with van der Waals surface area (Å²) in [6.45, 7) is 2.80. The fraction of sp³-hybridized carbons (Fsp3) is 0.370. The highest BCUT2D eigenvalue weighted by atomic mass is 19.4. The van der Waals surface area contributed by atoms with Crippen LogP contribution in [0.5, 0.6) is 11.5 Å². The smallest absolute Gasteiger partial charge is 0.495 e. The predicted molar refractivity (Wildman–Crippen MR) is 125 cm³/mol. The van der Waals surface area contributed by atoms with Crippen LogP contribution in [0.25, 0.3) is 5.57 Å². The number of nitrogens with zero attached hydrogens (tertiary/aromatic N) is 1. The SMILES string of the molecule is COc1ccc(C2=C/C(COCc3ccc(OC(F)(F)F)cc3)=C\CCC(C)=C2)nc1C1CC1. The minimum Gasteiger partial charge on any atom is -0.495 e. The van der Waals surface area contributed by atoms with E-state index in [9.17, 15) is 13.2 Å². The molecule has 2 aliphatic carbocycles. The predicted octanol–water partition coefficient (Wildman–Crippen LogP) is 7.13. The lowest BCUT2D eigenvalue weighted by Gasteiger charge is -2.14. The van der Waals surface area contributed by atoms with Gasteiger partial charge >= 0.3 is 6.36 Å². The third-order valence-electron chi connectivity index (χ3n) is 5.75. The number of hydrogen-bond acceptors (Lipinski definition) is 4. The van der Waals surface area contributed by atoms with Crippen molar-refractivity contribution in [1.82, 2.24) is 4.98 Å². The number of pyridine rings is 1. The van der Waals surface area contributed by atoms with Gasteiger partial charge in [0.15, 0.2) is 0 Å². The Morgan fingerprint density at radius 2 is 1.76 bits per heavy atom. The lowest BCUT2D eigenvalue weighted by molar-refractivity contribution is -0.274. The van der Waals surface area contributed by atoms with Gasteiger partial charge in [-0.25, -0.2) is 4.98 Å². The first-order valence-electron chi connectivity index (χ1n) is 11.4. The number of hydrogen-bond donors (Lipinski definition) is 0. The Balaban J connectivity index is 1.45. The van der Waals surface area contributed by atoms with Crippen molar-refractivity contribution in [3.63, 3.8) is 0 Å². The first-order valence-corrected chi connectivity index (χ1v) is 11.4. The first kappa shape index (κ1) is 24.1. The summed E-state index contributed by atoms with van der Waals surface area (Å²) in [5.41, 5.74) is 6.07. The van der Waals surface area contributed by atoms with Crippen molar-refractivity contribution < 1.29 is 27.4 Å². The van der Waals surface area contributed by atoms with Gasteiger partial charge in [-0.2, -0.15) is 0 Å². The van der Waals surface area contributed by atoms with Gasteiger partial charge in [0.25, 0.3) is 0 Å². The molecule has 0 unspecified atom stereocenters. The molecule has 0 amide bonds. The molecule has 7 heteroatoms. The van der Waals surface area contributed by atoms with Gasteiger partial charge in [-0.3, -0.25) is 0 Å². The second-order valence-corrected chi connectivity index (χ2v) is 8.65. The zero-order valence-electron chi connectivity index (χ0n) is 19.3. The maximum Gasteiger partial charge on any atom is 0.573 e. The summed E-state index contributed by atoms with van der Waals surface area (Å²) in [5, 5.41) is 0. The maximum atomic E-state index is 12.3. The van der Waals surface area contributed by atoms with E-state index in [1.165, 1.54) is 17.7 Å². The number of halogens is 3. The Morgan fingerprint density at radius 3 is 2.44 bits per heavy atom. The number of allylic oxidation sites excluding steroid dienone is 4. The third kappa shape index (κ3) is 6.73. The normalized spacial score (nSPS) is 18.2. The molecule has 1 aromatic carbocycles. The van der Waals surface area contributed by atoms with Crippen molar-refractivity contribution in [2.75, 3.05) is 13.7 Å². The van der Waals surface area contributed by atoms with Crippen LogP contribution in [0.1, 0.15) is 55.5 Å². The molecule has 4 rings (SSSR count). The largest absolute Gasteiger partial charge is 0.573 e. The number of rotatable bonds is 8. The van der Waals surface area contributed by atoms with Crippen LogP contribution < -0.4 is 9.47 Å². The Hall–Kier alpha value is -3.06. The van der Waals surface area contributed by atoms with Crippen molar-refractivity contribution in [1.29, 1.82) is 0 Å². The molecule has 1 saturated carbocycles. The molecule has 1 fully saturated rings. The molecule has 180 valence electrons. The molecule has 1 aromatic heterocycles. The lowest BCUT2D eigenvalue weighted by atomic mass is 9.98. The van der Waals surface area contributed by atoms with Crippen LogP contribution in [0.4, 0.5) is 13.2 Å². The number of benzene rings is 1. The summed E-state index contributed by atoms with van der Waals surface area (Å²) < 4.78 is 52.3. The number of alkyl halides is 3. The summed E-state index contributed by atoms with van der Waals surface area (Å²) in [7, 11) is 1.68. The van der Waals surface area contributed by atoms with Crippen LogP contribution in [0, 0.1) is 0 Å². The van der Waals surface area contributed by atoms with Crippen LogP contribution >= 0.6 is 0 Å². The van der Waals surface area contributed by atoms with E-state index in [0.717, 1.165) is 59.5 Å². The molecule has 2 aromatic rings. The van der Waals surface area contributed by atoms with Crippen LogP contribution in [-0.4, -0.2) is 25.1 Å². The van der Waals surface area contributed by atoms with Gasteiger partial charge in [0.2, 0.25) is 0 Å². The molecule has 0 atom stereocenters. The maximum absolute atomic E-state index is 12.3. The molecular formula is C27H28F3NO3. The fourth-order valence-electron chi connectivity index (χ4n) is 3.89. The third-order valence-corrected chi connectivity index (χ3v) is 5.75. The Kier molecular flexibility index (Phi) is 7.41. The molecule has 0 bridgehead atoms. The zero-order chi connectivity index (χ0) is 24.1. The van der Waals surface area contributed by atoms with E-state index in [-0.39, 0.29) is 12.4 Å². The molecule has 34 heavy (non-hydrogen) atoms. The molecule has 0 radical (unpaired) electrons. The summed E-state index contributed by atoms with van der Waals surface area (Å²) in [4.78, 5) is 4.93. The molecule has 0 spiro atoms. The monoisotopic (exact) mass is 471 g/mol. The highest BCUT2D eigenvalue weighted by Crippen LogP contribution is 2.43. The molecule has 0 aliphatic heterocycles. The van der Waals surface area contributed by atoms with Gasteiger partial charge in [0.05, 0.1) is 31.7 Å². The quantitative estimate of drug-likeness (QED) is 0.411. The van der Waals surface area contributed by atoms with E-state index in [1.807, 2.05) is 12.1 Å². The molecule has 4 nitrogen and oxygen atoms in total. The second-order valence-electron chi connectivity index (χ2n) is 8.65. The lowest BCUT2D eigenvalue weighted by Crippen LogP contribution is -2.17. The van der Waals surface area contributed by atoms with E-state index in [4.69, 9.17) is 14.5 Å². The highest BCUT2D eigenvalue weighted by Gasteiger charge is 2.31. The van der Waals surface area contributed by atoms with Crippen LogP contribution in [0.3, 0.4) is 0 Å². The topological polar surface area (TPSA) is 40.6 Å². The van der Waals surface area contributed by atoms with Crippen LogP contribution in [-0.2, 0) is 11.3 Å². The van der Waals surface area contributed by atoms with Gasteiger partial charge in [-0.05, 0) is 74.1 Å². The van der Waals surface area contributed by atoms with Crippen molar-refractivity contribution in [3.05, 3.63) is 82.7 Å². The van der Waals surface area contributed by atoms with Gasteiger partial charge in [0.1, 0.15) is 11.5 Å². The molecule has 2 aliphatic rings. The van der Waals surface area contributed by atoms with Gasteiger partial charge in [-0.1, -0.05) is 29.9 Å². The second kappa shape index (κ2) is 10.5. The summed E-state index contributed by atoms with van der Waals surface area (Å²) in [5.74, 6) is 1.07. The Labute approximate surface area is 197 Å². The van der Waals surface area contributed by atoms with E-state index < -0.39 is 6.36 Å². The minimum atomic E-state index is -4.70. The molecular weight excluding hydrogens is 443 g/mol. The van der Waals surface area contributed by atoms with Gasteiger partial charge in [-0.15, -0.1) is 13.2 Å². The van der Waals surface area contributed by atoms with Crippen molar-refractivity contribution >= 4 is 5.57 Å². The molecule has 0 N–H and O–H groups in total. The average Bonchev–Trinajstić information content (AvgIpc) is 3.62. The molecule has 0 saturated heterocycles.